The van der Waals surface area contributed by atoms with Crippen LogP contribution < -0.4 is 0 Å². The number of unbranched alkanes of at least 4 members (excludes halogenated alkanes) is 2. The molecule has 0 bridgehead atoms. The van der Waals surface area contributed by atoms with Gasteiger partial charge < -0.3 is 15.1 Å². The molecular formula is C25H41NO3. The first-order chi connectivity index (χ1) is 14.1. The quantitative estimate of drug-likeness (QED) is 0.414. The standard InChI is InChI=1S/C25H41NO3/c1-2-3-5-10-21(27)12-13-22-23-17-19(16-20(23)18-24(22)28)9-8-11-25(29)26-14-6-4-7-15-26/h12-13,16,20-24,27-28H,2-11,14-15,17-18H2,1H3/b13-12+/t20-,21-,22+,23-,24+/m0/s1. The molecule has 0 unspecified atom stereocenters. The van der Waals surface area contributed by atoms with Gasteiger partial charge in [0.25, 0.3) is 0 Å². The van der Waals surface area contributed by atoms with Crippen LogP contribution in [0.4, 0.5) is 0 Å². The largest absolute Gasteiger partial charge is 0.392 e. The predicted molar refractivity (Wildman–Crippen MR) is 117 cm³/mol. The second kappa shape index (κ2) is 11.3. The van der Waals surface area contributed by atoms with E-state index in [1.165, 1.54) is 18.4 Å². The molecule has 29 heavy (non-hydrogen) atoms. The van der Waals surface area contributed by atoms with Crippen molar-refractivity contribution < 1.29 is 15.0 Å². The third kappa shape index (κ3) is 6.42. The fourth-order valence-corrected chi connectivity index (χ4v) is 5.51. The third-order valence-corrected chi connectivity index (χ3v) is 7.21. The van der Waals surface area contributed by atoms with Crippen LogP contribution in [-0.4, -0.2) is 46.3 Å². The van der Waals surface area contributed by atoms with E-state index in [4.69, 9.17) is 0 Å². The molecule has 0 aromatic rings. The van der Waals surface area contributed by atoms with Gasteiger partial charge in [-0.1, -0.05) is 50.0 Å². The molecule has 1 saturated heterocycles. The molecule has 3 aliphatic rings. The van der Waals surface area contributed by atoms with Crippen LogP contribution in [0.5, 0.6) is 0 Å². The summed E-state index contributed by atoms with van der Waals surface area (Å²) in [5.74, 6) is 1.42. The molecule has 4 heteroatoms. The van der Waals surface area contributed by atoms with Crippen molar-refractivity contribution in [3.8, 4) is 0 Å². The van der Waals surface area contributed by atoms with E-state index in [9.17, 15) is 15.0 Å². The Morgan fingerprint density at radius 3 is 2.79 bits per heavy atom. The van der Waals surface area contributed by atoms with Gasteiger partial charge in [0.2, 0.25) is 5.91 Å². The predicted octanol–water partition coefficient (Wildman–Crippen LogP) is 4.61. The van der Waals surface area contributed by atoms with Gasteiger partial charge in [-0.05, 0) is 63.2 Å². The molecule has 5 atom stereocenters. The maximum absolute atomic E-state index is 12.3. The van der Waals surface area contributed by atoms with Crippen LogP contribution in [0, 0.1) is 17.8 Å². The zero-order chi connectivity index (χ0) is 20.6. The van der Waals surface area contributed by atoms with Crippen LogP contribution in [0.15, 0.2) is 23.8 Å². The normalized spacial score (nSPS) is 30.6. The van der Waals surface area contributed by atoms with Crippen molar-refractivity contribution in [1.29, 1.82) is 0 Å². The Bertz CT molecular complexity index is 579. The second-order valence-electron chi connectivity index (χ2n) is 9.48. The molecule has 1 saturated carbocycles. The highest BCUT2D eigenvalue weighted by Crippen LogP contribution is 2.48. The Kier molecular flexibility index (Phi) is 8.80. The van der Waals surface area contributed by atoms with Crippen LogP contribution >= 0.6 is 0 Å². The minimum Gasteiger partial charge on any atom is -0.392 e. The molecule has 1 heterocycles. The van der Waals surface area contributed by atoms with E-state index >= 15 is 0 Å². The van der Waals surface area contributed by atoms with Gasteiger partial charge in [-0.2, -0.15) is 0 Å². The van der Waals surface area contributed by atoms with Crippen molar-refractivity contribution in [3.05, 3.63) is 23.8 Å². The number of fused-ring (bicyclic) bond motifs is 1. The maximum Gasteiger partial charge on any atom is 0.222 e. The molecule has 0 aromatic carbocycles. The average Bonchev–Trinajstić information content (AvgIpc) is 3.23. The summed E-state index contributed by atoms with van der Waals surface area (Å²) >= 11 is 0. The molecule has 0 radical (unpaired) electrons. The molecule has 1 amide bonds. The zero-order valence-electron chi connectivity index (χ0n) is 18.3. The summed E-state index contributed by atoms with van der Waals surface area (Å²) in [7, 11) is 0. The van der Waals surface area contributed by atoms with Crippen molar-refractivity contribution in [2.24, 2.45) is 17.8 Å². The third-order valence-electron chi connectivity index (χ3n) is 7.21. The topological polar surface area (TPSA) is 60.8 Å². The summed E-state index contributed by atoms with van der Waals surface area (Å²) in [6.07, 6.45) is 18.0. The molecule has 3 rings (SSSR count). The van der Waals surface area contributed by atoms with E-state index in [1.54, 1.807) is 0 Å². The summed E-state index contributed by atoms with van der Waals surface area (Å²) in [5.41, 5.74) is 1.47. The second-order valence-corrected chi connectivity index (χ2v) is 9.48. The number of likely N-dealkylation sites (tertiary alicyclic amines) is 1. The fourth-order valence-electron chi connectivity index (χ4n) is 5.51. The molecule has 2 N–H and O–H groups in total. The van der Waals surface area contributed by atoms with Crippen LogP contribution in [0.25, 0.3) is 0 Å². The lowest BCUT2D eigenvalue weighted by atomic mass is 9.88. The van der Waals surface area contributed by atoms with E-state index in [-0.39, 0.29) is 18.1 Å². The molecule has 0 spiro atoms. The highest BCUT2D eigenvalue weighted by atomic mass is 16.3. The number of nitrogens with zero attached hydrogens (tertiary/aromatic N) is 1. The minimum atomic E-state index is -0.387. The number of aliphatic hydroxyl groups excluding tert-OH is 2. The van der Waals surface area contributed by atoms with E-state index in [0.717, 1.165) is 70.9 Å². The van der Waals surface area contributed by atoms with E-state index in [0.29, 0.717) is 24.2 Å². The van der Waals surface area contributed by atoms with Gasteiger partial charge in [0.1, 0.15) is 0 Å². The fraction of sp³-hybridized carbons (Fsp3) is 0.800. The summed E-state index contributed by atoms with van der Waals surface area (Å²) in [4.78, 5) is 14.4. The highest BCUT2D eigenvalue weighted by Gasteiger charge is 2.43. The molecule has 2 aliphatic carbocycles. The van der Waals surface area contributed by atoms with Crippen LogP contribution in [-0.2, 0) is 4.79 Å². The minimum absolute atomic E-state index is 0.157. The molecular weight excluding hydrogens is 362 g/mol. The summed E-state index contributed by atoms with van der Waals surface area (Å²) < 4.78 is 0. The number of allylic oxidation sites excluding steroid dienone is 2. The van der Waals surface area contributed by atoms with Crippen molar-refractivity contribution in [2.45, 2.75) is 96.2 Å². The lowest BCUT2D eigenvalue weighted by molar-refractivity contribution is -0.132. The van der Waals surface area contributed by atoms with Crippen molar-refractivity contribution in [3.63, 3.8) is 0 Å². The average molecular weight is 404 g/mol. The highest BCUT2D eigenvalue weighted by molar-refractivity contribution is 5.76. The van der Waals surface area contributed by atoms with Gasteiger partial charge in [0.15, 0.2) is 0 Å². The van der Waals surface area contributed by atoms with Crippen LogP contribution in [0.2, 0.25) is 0 Å². The van der Waals surface area contributed by atoms with Crippen molar-refractivity contribution >= 4 is 5.91 Å². The number of hydrogen-bond donors (Lipinski definition) is 2. The number of amides is 1. The van der Waals surface area contributed by atoms with Crippen LogP contribution in [0.1, 0.15) is 84.0 Å². The Morgan fingerprint density at radius 2 is 2.03 bits per heavy atom. The monoisotopic (exact) mass is 403 g/mol. The summed E-state index contributed by atoms with van der Waals surface area (Å²) in [6, 6.07) is 0. The molecule has 0 aromatic heterocycles. The number of carbonyl (C=O) groups is 1. The molecule has 4 nitrogen and oxygen atoms in total. The molecule has 1 aliphatic heterocycles. The first-order valence-corrected chi connectivity index (χ1v) is 12.1. The Balaban J connectivity index is 1.41. The van der Waals surface area contributed by atoms with Gasteiger partial charge in [-0.3, -0.25) is 4.79 Å². The number of rotatable bonds is 10. The lowest BCUT2D eigenvalue weighted by Crippen LogP contribution is -2.35. The first kappa shape index (κ1) is 22.6. The SMILES string of the molecule is CCCCC[C@H](O)/C=C/[C@@H]1[C@H]2CC(CCCC(=O)N3CCCCC3)=C[C@H]2C[C@H]1O. The van der Waals surface area contributed by atoms with E-state index in [1.807, 2.05) is 11.0 Å². The maximum atomic E-state index is 12.3. The number of aliphatic hydroxyl groups is 2. The number of carbonyl (C=O) groups excluding carboxylic acids is 1. The van der Waals surface area contributed by atoms with Gasteiger partial charge in [0.05, 0.1) is 12.2 Å². The Hall–Kier alpha value is -1.13. The Morgan fingerprint density at radius 1 is 1.24 bits per heavy atom. The van der Waals surface area contributed by atoms with Crippen molar-refractivity contribution in [2.75, 3.05) is 13.1 Å². The molecule has 164 valence electrons. The number of hydrogen-bond acceptors (Lipinski definition) is 3. The van der Waals surface area contributed by atoms with Gasteiger partial charge >= 0.3 is 0 Å². The van der Waals surface area contributed by atoms with Gasteiger partial charge in [-0.25, -0.2) is 0 Å². The van der Waals surface area contributed by atoms with Crippen LogP contribution in [0.3, 0.4) is 0 Å². The Labute approximate surface area is 177 Å². The van der Waals surface area contributed by atoms with E-state index in [2.05, 4.69) is 19.1 Å². The summed E-state index contributed by atoms with van der Waals surface area (Å²) in [5, 5.41) is 20.7. The van der Waals surface area contributed by atoms with E-state index < -0.39 is 0 Å². The zero-order valence-corrected chi connectivity index (χ0v) is 18.3. The van der Waals surface area contributed by atoms with Crippen molar-refractivity contribution in [1.82, 2.24) is 4.90 Å². The molecule has 2 fully saturated rings. The lowest BCUT2D eigenvalue weighted by Gasteiger charge is -2.26. The van der Waals surface area contributed by atoms with Gasteiger partial charge in [-0.15, -0.1) is 0 Å². The first-order valence-electron chi connectivity index (χ1n) is 12.1. The number of piperidine rings is 1. The summed E-state index contributed by atoms with van der Waals surface area (Å²) in [6.45, 7) is 4.06. The smallest absolute Gasteiger partial charge is 0.222 e. The van der Waals surface area contributed by atoms with Gasteiger partial charge in [0, 0.05) is 25.4 Å².